The number of rotatable bonds is 2. The molecule has 0 amide bonds. The number of aldehydes is 1. The van der Waals surface area contributed by atoms with Crippen LogP contribution in [0.4, 0.5) is 0 Å². The van der Waals surface area contributed by atoms with Gasteiger partial charge in [0, 0.05) is 21.8 Å². The largest absolute Gasteiger partial charge is 0.296 e. The predicted octanol–water partition coefficient (Wildman–Crippen LogP) is 4.52. The van der Waals surface area contributed by atoms with Crippen molar-refractivity contribution in [2.24, 2.45) is 0 Å². The minimum absolute atomic E-state index is 0.299. The molecule has 0 aliphatic rings. The van der Waals surface area contributed by atoms with Gasteiger partial charge in [-0.25, -0.2) is 0 Å². The van der Waals surface area contributed by atoms with Gasteiger partial charge in [0.25, 0.3) is 0 Å². The Balaban J connectivity index is 2.66. The molecule has 0 bridgehead atoms. The van der Waals surface area contributed by atoms with Gasteiger partial charge in [-0.3, -0.25) is 9.78 Å². The van der Waals surface area contributed by atoms with Gasteiger partial charge in [-0.2, -0.15) is 0 Å². The van der Waals surface area contributed by atoms with Crippen LogP contribution in [0.3, 0.4) is 0 Å². The summed E-state index contributed by atoms with van der Waals surface area (Å²) in [5, 5.41) is 1.43. The average Bonchev–Trinajstić information content (AvgIpc) is 2.27. The molecule has 0 fully saturated rings. The van der Waals surface area contributed by atoms with Crippen LogP contribution in [0.1, 0.15) is 10.5 Å². The third-order valence-corrected chi connectivity index (χ3v) is 2.81. The number of nitrogens with zero attached hydrogens (tertiary/aromatic N) is 1. The molecule has 1 heterocycles. The Morgan fingerprint density at radius 2 is 1.59 bits per heavy atom. The molecule has 1 aromatic heterocycles. The highest BCUT2D eigenvalue weighted by molar-refractivity contribution is 6.35. The fraction of sp³-hybridized carbons (Fsp3) is 0. The van der Waals surface area contributed by atoms with E-state index in [-0.39, 0.29) is 0 Å². The molecule has 0 atom stereocenters. The highest BCUT2D eigenvalue weighted by atomic mass is 35.5. The monoisotopic (exact) mass is 285 g/mol. The second-order valence-electron chi connectivity index (χ2n) is 3.36. The quantitative estimate of drug-likeness (QED) is 0.760. The first kappa shape index (κ1) is 12.4. The zero-order valence-corrected chi connectivity index (χ0v) is 10.7. The Morgan fingerprint density at radius 3 is 2.18 bits per heavy atom. The van der Waals surface area contributed by atoms with E-state index >= 15 is 0 Å². The second-order valence-corrected chi connectivity index (χ2v) is 4.67. The number of carbonyl (C=O) groups is 1. The minimum atomic E-state index is 0.299. The molecule has 2 nitrogen and oxygen atoms in total. The number of aromatic nitrogens is 1. The molecule has 2 rings (SSSR count). The molecule has 0 N–H and O–H groups in total. The maximum Gasteiger partial charge on any atom is 0.169 e. The lowest BCUT2D eigenvalue weighted by Crippen LogP contribution is -1.92. The minimum Gasteiger partial charge on any atom is -0.296 e. The summed E-state index contributed by atoms with van der Waals surface area (Å²) >= 11 is 17.7. The lowest BCUT2D eigenvalue weighted by molar-refractivity contribution is 0.111. The Bertz CT molecular complexity index is 564. The van der Waals surface area contributed by atoms with E-state index in [1.807, 2.05) is 0 Å². The summed E-state index contributed by atoms with van der Waals surface area (Å²) in [6, 6.07) is 6.67. The Labute approximate surface area is 113 Å². The van der Waals surface area contributed by atoms with Gasteiger partial charge in [-0.1, -0.05) is 34.8 Å². The fourth-order valence-electron chi connectivity index (χ4n) is 1.48. The van der Waals surface area contributed by atoms with Crippen molar-refractivity contribution >= 4 is 41.1 Å². The molecule has 17 heavy (non-hydrogen) atoms. The standard InChI is InChI=1S/C12H6Cl3NO/c13-8-1-7(2-9(14)3-8)11-4-10(15)5-16-12(11)6-17/h1-6H. The highest BCUT2D eigenvalue weighted by Crippen LogP contribution is 2.29. The molecule has 2 aromatic rings. The number of halogens is 3. The van der Waals surface area contributed by atoms with Crippen LogP contribution in [0.5, 0.6) is 0 Å². The number of carbonyl (C=O) groups excluding carboxylic acids is 1. The van der Waals surface area contributed by atoms with Crippen LogP contribution in [0.15, 0.2) is 30.5 Å². The van der Waals surface area contributed by atoms with Crippen molar-refractivity contribution in [3.8, 4) is 11.1 Å². The van der Waals surface area contributed by atoms with Crippen molar-refractivity contribution in [1.82, 2.24) is 4.98 Å². The SMILES string of the molecule is O=Cc1ncc(Cl)cc1-c1cc(Cl)cc(Cl)c1. The lowest BCUT2D eigenvalue weighted by atomic mass is 10.0. The van der Waals surface area contributed by atoms with Crippen molar-refractivity contribution in [1.29, 1.82) is 0 Å². The molecule has 0 radical (unpaired) electrons. The van der Waals surface area contributed by atoms with Gasteiger partial charge in [0.2, 0.25) is 0 Å². The molecular formula is C12H6Cl3NO. The van der Waals surface area contributed by atoms with Gasteiger partial charge >= 0.3 is 0 Å². The van der Waals surface area contributed by atoms with Crippen LogP contribution in [0.2, 0.25) is 15.1 Å². The van der Waals surface area contributed by atoms with Gasteiger partial charge < -0.3 is 0 Å². The first-order valence-corrected chi connectivity index (χ1v) is 5.81. The third kappa shape index (κ3) is 2.78. The van der Waals surface area contributed by atoms with Crippen molar-refractivity contribution < 1.29 is 4.79 Å². The molecular weight excluding hydrogens is 280 g/mol. The van der Waals surface area contributed by atoms with E-state index in [0.29, 0.717) is 38.2 Å². The smallest absolute Gasteiger partial charge is 0.169 e. The molecule has 0 aliphatic heterocycles. The lowest BCUT2D eigenvalue weighted by Gasteiger charge is -2.06. The first-order valence-electron chi connectivity index (χ1n) is 4.67. The number of hydrogen-bond acceptors (Lipinski definition) is 2. The average molecular weight is 287 g/mol. The predicted molar refractivity (Wildman–Crippen MR) is 70.1 cm³/mol. The van der Waals surface area contributed by atoms with E-state index in [1.54, 1.807) is 24.3 Å². The van der Waals surface area contributed by atoms with Gasteiger partial charge in [-0.15, -0.1) is 0 Å². The zero-order chi connectivity index (χ0) is 12.4. The van der Waals surface area contributed by atoms with Gasteiger partial charge in [0.05, 0.1) is 5.02 Å². The highest BCUT2D eigenvalue weighted by Gasteiger charge is 2.08. The van der Waals surface area contributed by atoms with Crippen LogP contribution in [0, 0.1) is 0 Å². The summed E-state index contributed by atoms with van der Waals surface area (Å²) < 4.78 is 0. The summed E-state index contributed by atoms with van der Waals surface area (Å²) in [7, 11) is 0. The molecule has 0 unspecified atom stereocenters. The third-order valence-electron chi connectivity index (χ3n) is 2.17. The van der Waals surface area contributed by atoms with Crippen LogP contribution in [-0.4, -0.2) is 11.3 Å². The van der Waals surface area contributed by atoms with Crippen LogP contribution < -0.4 is 0 Å². The van der Waals surface area contributed by atoms with Gasteiger partial charge in [0.15, 0.2) is 6.29 Å². The molecule has 0 saturated heterocycles. The van der Waals surface area contributed by atoms with Gasteiger partial charge in [-0.05, 0) is 29.8 Å². The van der Waals surface area contributed by atoms with Crippen molar-refractivity contribution in [2.45, 2.75) is 0 Å². The van der Waals surface area contributed by atoms with Crippen LogP contribution in [0.25, 0.3) is 11.1 Å². The molecule has 5 heteroatoms. The number of hydrogen-bond donors (Lipinski definition) is 0. The molecule has 1 aromatic carbocycles. The molecule has 0 spiro atoms. The Morgan fingerprint density at radius 1 is 0.941 bits per heavy atom. The number of benzene rings is 1. The summed E-state index contributed by atoms with van der Waals surface area (Å²) in [4.78, 5) is 14.9. The Hall–Kier alpha value is -1.09. The van der Waals surface area contributed by atoms with E-state index in [9.17, 15) is 4.79 Å². The molecule has 86 valence electrons. The van der Waals surface area contributed by atoms with E-state index in [4.69, 9.17) is 34.8 Å². The normalized spacial score (nSPS) is 10.3. The van der Waals surface area contributed by atoms with Crippen molar-refractivity contribution in [3.63, 3.8) is 0 Å². The molecule has 0 aliphatic carbocycles. The van der Waals surface area contributed by atoms with E-state index in [0.717, 1.165) is 0 Å². The summed E-state index contributed by atoms with van der Waals surface area (Å²) in [5.74, 6) is 0. The van der Waals surface area contributed by atoms with Crippen LogP contribution >= 0.6 is 34.8 Å². The van der Waals surface area contributed by atoms with Gasteiger partial charge in [0.1, 0.15) is 5.69 Å². The molecule has 0 saturated carbocycles. The van der Waals surface area contributed by atoms with Crippen molar-refractivity contribution in [2.75, 3.05) is 0 Å². The first-order chi connectivity index (χ1) is 8.10. The topological polar surface area (TPSA) is 30.0 Å². The van der Waals surface area contributed by atoms with Crippen molar-refractivity contribution in [3.05, 3.63) is 51.2 Å². The Kier molecular flexibility index (Phi) is 3.67. The summed E-state index contributed by atoms with van der Waals surface area (Å²) in [6.45, 7) is 0. The maximum absolute atomic E-state index is 10.9. The van der Waals surface area contributed by atoms with Crippen LogP contribution in [-0.2, 0) is 0 Å². The van der Waals surface area contributed by atoms with E-state index in [1.165, 1.54) is 6.20 Å². The number of pyridine rings is 1. The van der Waals surface area contributed by atoms with E-state index in [2.05, 4.69) is 4.98 Å². The zero-order valence-electron chi connectivity index (χ0n) is 8.45. The summed E-state index contributed by atoms with van der Waals surface area (Å²) in [5.41, 5.74) is 1.62. The maximum atomic E-state index is 10.9. The summed E-state index contributed by atoms with van der Waals surface area (Å²) in [6.07, 6.45) is 2.08. The second kappa shape index (κ2) is 5.05. The van der Waals surface area contributed by atoms with E-state index < -0.39 is 0 Å². The fourth-order valence-corrected chi connectivity index (χ4v) is 2.17.